The second-order valence-corrected chi connectivity index (χ2v) is 6.17. The van der Waals surface area contributed by atoms with Crippen molar-refractivity contribution in [3.05, 3.63) is 0 Å². The fourth-order valence-electron chi connectivity index (χ4n) is 3.18. The standard InChI is InChI=1S/C15H25NO3/c1-2-10-8-12(13(9-10)15(18)19)14(17)16-7-3-4-11-5-6-11/h10-13H,2-9H2,1H3,(H,16,17)(H,18,19). The van der Waals surface area contributed by atoms with Crippen molar-refractivity contribution in [2.75, 3.05) is 6.54 Å². The van der Waals surface area contributed by atoms with Crippen molar-refractivity contribution in [3.63, 3.8) is 0 Å². The number of rotatable bonds is 7. The van der Waals surface area contributed by atoms with Gasteiger partial charge in [0.05, 0.1) is 11.8 Å². The Morgan fingerprint density at radius 1 is 1.16 bits per heavy atom. The van der Waals surface area contributed by atoms with Crippen LogP contribution in [-0.2, 0) is 9.59 Å². The molecular formula is C15H25NO3. The summed E-state index contributed by atoms with van der Waals surface area (Å²) in [6.07, 6.45) is 7.28. The molecule has 4 heteroatoms. The number of hydrogen-bond acceptors (Lipinski definition) is 2. The molecule has 0 bridgehead atoms. The molecule has 1 amide bonds. The fourth-order valence-corrected chi connectivity index (χ4v) is 3.18. The monoisotopic (exact) mass is 267 g/mol. The smallest absolute Gasteiger partial charge is 0.307 e. The van der Waals surface area contributed by atoms with Gasteiger partial charge < -0.3 is 10.4 Å². The predicted molar refractivity (Wildman–Crippen MR) is 72.6 cm³/mol. The average Bonchev–Trinajstić information content (AvgIpc) is 3.10. The molecule has 0 aromatic heterocycles. The van der Waals surface area contributed by atoms with Crippen LogP contribution in [0.25, 0.3) is 0 Å². The first-order chi connectivity index (χ1) is 9.11. The summed E-state index contributed by atoms with van der Waals surface area (Å²) in [5.74, 6) is -0.368. The van der Waals surface area contributed by atoms with Crippen molar-refractivity contribution in [3.8, 4) is 0 Å². The van der Waals surface area contributed by atoms with Crippen molar-refractivity contribution in [2.45, 2.75) is 51.9 Å². The van der Waals surface area contributed by atoms with Gasteiger partial charge in [0.1, 0.15) is 0 Å². The lowest BCUT2D eigenvalue weighted by molar-refractivity contribution is -0.146. The largest absolute Gasteiger partial charge is 0.481 e. The minimum Gasteiger partial charge on any atom is -0.481 e. The van der Waals surface area contributed by atoms with Gasteiger partial charge in [-0.3, -0.25) is 9.59 Å². The molecule has 0 radical (unpaired) electrons. The van der Waals surface area contributed by atoms with Gasteiger partial charge in [0.2, 0.25) is 5.91 Å². The van der Waals surface area contributed by atoms with E-state index in [-0.39, 0.29) is 11.8 Å². The van der Waals surface area contributed by atoms with Crippen LogP contribution in [0.4, 0.5) is 0 Å². The van der Waals surface area contributed by atoms with E-state index in [4.69, 9.17) is 0 Å². The second-order valence-electron chi connectivity index (χ2n) is 6.17. The van der Waals surface area contributed by atoms with Gasteiger partial charge in [-0.05, 0) is 37.5 Å². The number of carboxylic acids is 1. The molecule has 19 heavy (non-hydrogen) atoms. The summed E-state index contributed by atoms with van der Waals surface area (Å²) in [6, 6.07) is 0. The number of carbonyl (C=O) groups excluding carboxylic acids is 1. The number of hydrogen-bond donors (Lipinski definition) is 2. The Balaban J connectivity index is 1.76. The minimum atomic E-state index is -0.811. The van der Waals surface area contributed by atoms with Crippen LogP contribution in [0.15, 0.2) is 0 Å². The van der Waals surface area contributed by atoms with E-state index in [1.54, 1.807) is 0 Å². The van der Waals surface area contributed by atoms with Crippen LogP contribution in [0, 0.1) is 23.7 Å². The molecule has 0 aliphatic heterocycles. The molecule has 0 saturated heterocycles. The zero-order valence-corrected chi connectivity index (χ0v) is 11.7. The van der Waals surface area contributed by atoms with Gasteiger partial charge in [0, 0.05) is 6.54 Å². The lowest BCUT2D eigenvalue weighted by Gasteiger charge is -2.15. The fraction of sp³-hybridized carbons (Fsp3) is 0.867. The SMILES string of the molecule is CCC1CC(C(=O)O)C(C(=O)NCCCC2CC2)C1. The van der Waals surface area contributed by atoms with Crippen LogP contribution in [0.5, 0.6) is 0 Å². The number of nitrogens with one attached hydrogen (secondary N) is 1. The van der Waals surface area contributed by atoms with E-state index in [9.17, 15) is 14.7 Å². The molecule has 0 spiro atoms. The first-order valence-corrected chi connectivity index (χ1v) is 7.62. The molecule has 2 fully saturated rings. The van der Waals surface area contributed by atoms with Crippen molar-refractivity contribution >= 4 is 11.9 Å². The van der Waals surface area contributed by atoms with Crippen LogP contribution >= 0.6 is 0 Å². The Labute approximate surface area is 115 Å². The highest BCUT2D eigenvalue weighted by atomic mass is 16.4. The molecule has 0 aromatic rings. The summed E-state index contributed by atoms with van der Waals surface area (Å²) in [4.78, 5) is 23.3. The number of aliphatic carboxylic acids is 1. The molecular weight excluding hydrogens is 242 g/mol. The van der Waals surface area contributed by atoms with Gasteiger partial charge in [0.25, 0.3) is 0 Å². The summed E-state index contributed by atoms with van der Waals surface area (Å²) >= 11 is 0. The molecule has 2 aliphatic carbocycles. The van der Waals surface area contributed by atoms with Gasteiger partial charge in [-0.1, -0.05) is 26.2 Å². The lowest BCUT2D eigenvalue weighted by Crippen LogP contribution is -2.35. The Hall–Kier alpha value is -1.06. The summed E-state index contributed by atoms with van der Waals surface area (Å²) < 4.78 is 0. The Morgan fingerprint density at radius 3 is 2.42 bits per heavy atom. The van der Waals surface area contributed by atoms with Gasteiger partial charge in [-0.15, -0.1) is 0 Å². The van der Waals surface area contributed by atoms with E-state index in [0.717, 1.165) is 25.2 Å². The summed E-state index contributed by atoms with van der Waals surface area (Å²) in [5, 5.41) is 12.2. The molecule has 3 unspecified atom stereocenters. The maximum atomic E-state index is 12.1. The van der Waals surface area contributed by atoms with Gasteiger partial charge in [0.15, 0.2) is 0 Å². The summed E-state index contributed by atoms with van der Waals surface area (Å²) in [5.41, 5.74) is 0. The molecule has 2 rings (SSSR count). The molecule has 2 saturated carbocycles. The first-order valence-electron chi connectivity index (χ1n) is 7.62. The zero-order chi connectivity index (χ0) is 13.8. The first kappa shape index (κ1) is 14.4. The van der Waals surface area contributed by atoms with Crippen molar-refractivity contribution in [1.82, 2.24) is 5.32 Å². The minimum absolute atomic E-state index is 0.0425. The zero-order valence-electron chi connectivity index (χ0n) is 11.7. The lowest BCUT2D eigenvalue weighted by atomic mass is 9.95. The third-order valence-corrected chi connectivity index (χ3v) is 4.68. The van der Waals surface area contributed by atoms with Crippen LogP contribution in [0.1, 0.15) is 51.9 Å². The Morgan fingerprint density at radius 2 is 1.84 bits per heavy atom. The molecule has 4 nitrogen and oxygen atoms in total. The number of carboxylic acid groups (broad SMARTS) is 1. The third-order valence-electron chi connectivity index (χ3n) is 4.68. The third kappa shape index (κ3) is 3.95. The summed E-state index contributed by atoms with van der Waals surface area (Å²) in [7, 11) is 0. The van der Waals surface area contributed by atoms with Crippen molar-refractivity contribution in [2.24, 2.45) is 23.7 Å². The van der Waals surface area contributed by atoms with Crippen LogP contribution < -0.4 is 5.32 Å². The van der Waals surface area contributed by atoms with Crippen molar-refractivity contribution in [1.29, 1.82) is 0 Å². The normalized spacial score (nSPS) is 30.3. The van der Waals surface area contributed by atoms with Gasteiger partial charge in [-0.25, -0.2) is 0 Å². The molecule has 0 aromatic carbocycles. The molecule has 0 heterocycles. The number of amides is 1. The average molecular weight is 267 g/mol. The van der Waals surface area contributed by atoms with Gasteiger partial charge in [-0.2, -0.15) is 0 Å². The topological polar surface area (TPSA) is 66.4 Å². The maximum Gasteiger partial charge on any atom is 0.307 e. The molecule has 2 aliphatic rings. The summed E-state index contributed by atoms with van der Waals surface area (Å²) in [6.45, 7) is 2.77. The van der Waals surface area contributed by atoms with E-state index in [0.29, 0.717) is 18.9 Å². The number of carbonyl (C=O) groups is 2. The van der Waals surface area contributed by atoms with E-state index in [2.05, 4.69) is 12.2 Å². The van der Waals surface area contributed by atoms with Crippen molar-refractivity contribution < 1.29 is 14.7 Å². The van der Waals surface area contributed by atoms with Gasteiger partial charge >= 0.3 is 5.97 Å². The van der Waals surface area contributed by atoms with Crippen LogP contribution in [-0.4, -0.2) is 23.5 Å². The predicted octanol–water partition coefficient (Wildman–Crippen LogP) is 2.43. The Bertz CT molecular complexity index is 338. The van der Waals surface area contributed by atoms with E-state index in [1.807, 2.05) is 0 Å². The van der Waals surface area contributed by atoms with E-state index < -0.39 is 11.9 Å². The van der Waals surface area contributed by atoms with E-state index >= 15 is 0 Å². The highest BCUT2D eigenvalue weighted by Crippen LogP contribution is 2.38. The molecule has 2 N–H and O–H groups in total. The Kier molecular flexibility index (Phi) is 4.83. The maximum absolute atomic E-state index is 12.1. The molecule has 3 atom stereocenters. The molecule has 108 valence electrons. The second kappa shape index (κ2) is 6.40. The highest BCUT2D eigenvalue weighted by Gasteiger charge is 2.41. The van der Waals surface area contributed by atoms with Crippen LogP contribution in [0.2, 0.25) is 0 Å². The highest BCUT2D eigenvalue weighted by molar-refractivity contribution is 5.85. The quantitative estimate of drug-likeness (QED) is 0.696. The van der Waals surface area contributed by atoms with Crippen LogP contribution in [0.3, 0.4) is 0 Å². The van der Waals surface area contributed by atoms with E-state index in [1.165, 1.54) is 19.3 Å².